The summed E-state index contributed by atoms with van der Waals surface area (Å²) in [6, 6.07) is 1.02. The van der Waals surface area contributed by atoms with E-state index in [1.165, 1.54) is 32.2 Å². The molecule has 0 aromatic heterocycles. The van der Waals surface area contributed by atoms with Crippen LogP contribution in [0.3, 0.4) is 0 Å². The predicted octanol–water partition coefficient (Wildman–Crippen LogP) is 0.537. The molecule has 86 valence electrons. The van der Waals surface area contributed by atoms with Crippen LogP contribution in [0, 0.1) is 0 Å². The van der Waals surface area contributed by atoms with E-state index in [1.807, 2.05) is 0 Å². The largest absolute Gasteiger partial charge is 0.370 e. The van der Waals surface area contributed by atoms with Gasteiger partial charge < -0.3 is 16.0 Å². The first-order valence-electron chi connectivity index (χ1n) is 6.10. The van der Waals surface area contributed by atoms with Crippen LogP contribution in [0.1, 0.15) is 32.6 Å². The highest BCUT2D eigenvalue weighted by molar-refractivity contribution is 5.78. The van der Waals surface area contributed by atoms with Crippen molar-refractivity contribution in [1.29, 1.82) is 0 Å². The molecule has 0 aromatic carbocycles. The Kier molecular flexibility index (Phi) is 3.46. The quantitative estimate of drug-likeness (QED) is 0.528. The zero-order valence-corrected chi connectivity index (χ0v) is 9.58. The molecule has 2 fully saturated rings. The van der Waals surface area contributed by atoms with Crippen LogP contribution in [0.25, 0.3) is 0 Å². The summed E-state index contributed by atoms with van der Waals surface area (Å²) in [5.41, 5.74) is 5.85. The molecule has 1 saturated heterocycles. The number of rotatable bonds is 3. The lowest BCUT2D eigenvalue weighted by atomic mass is 10.1. The summed E-state index contributed by atoms with van der Waals surface area (Å²) < 4.78 is 0. The molecule has 1 saturated carbocycles. The topological polar surface area (TPSA) is 53.6 Å². The van der Waals surface area contributed by atoms with E-state index in [2.05, 4.69) is 22.1 Å². The number of nitrogens with one attached hydrogen (secondary N) is 1. The van der Waals surface area contributed by atoms with Gasteiger partial charge in [-0.2, -0.15) is 0 Å². The number of nitrogens with zero attached hydrogens (tertiary/aromatic N) is 2. The summed E-state index contributed by atoms with van der Waals surface area (Å²) in [6.45, 7) is 5.69. The number of likely N-dealkylation sites (N-methyl/N-ethyl adjacent to an activating group) is 1. The number of nitrogens with two attached hydrogens (primary N) is 1. The third kappa shape index (κ3) is 3.38. The molecule has 3 N–H and O–H groups in total. The highest BCUT2D eigenvalue weighted by atomic mass is 15.2. The summed E-state index contributed by atoms with van der Waals surface area (Å²) >= 11 is 0. The Balaban J connectivity index is 1.77. The van der Waals surface area contributed by atoms with Crippen molar-refractivity contribution in [3.05, 3.63) is 0 Å². The molecule has 0 spiro atoms. The smallest absolute Gasteiger partial charge is 0.189 e. The fourth-order valence-electron chi connectivity index (χ4n) is 2.11. The van der Waals surface area contributed by atoms with Gasteiger partial charge in [-0.1, -0.05) is 6.92 Å². The molecule has 15 heavy (non-hydrogen) atoms. The van der Waals surface area contributed by atoms with Gasteiger partial charge in [0.1, 0.15) is 0 Å². The third-order valence-electron chi connectivity index (χ3n) is 3.17. The average Bonchev–Trinajstić information content (AvgIpc) is 3.02. The van der Waals surface area contributed by atoms with E-state index in [-0.39, 0.29) is 0 Å². The van der Waals surface area contributed by atoms with E-state index >= 15 is 0 Å². The molecule has 0 aromatic rings. The number of hydrogen-bond acceptors (Lipinski definition) is 2. The number of hydrogen-bond donors (Lipinski definition) is 2. The molecule has 1 unspecified atom stereocenters. The molecule has 0 radical (unpaired) electrons. The molecule has 2 rings (SSSR count). The highest BCUT2D eigenvalue weighted by Gasteiger charge is 2.22. The SMILES string of the molecule is CCN1CCCC(NC(N)=NC2CC2)C1. The van der Waals surface area contributed by atoms with Gasteiger partial charge in [-0.05, 0) is 38.8 Å². The van der Waals surface area contributed by atoms with Crippen molar-refractivity contribution in [2.24, 2.45) is 10.7 Å². The van der Waals surface area contributed by atoms with E-state index < -0.39 is 0 Å². The second-order valence-electron chi connectivity index (χ2n) is 4.62. The van der Waals surface area contributed by atoms with Crippen molar-refractivity contribution in [3.8, 4) is 0 Å². The van der Waals surface area contributed by atoms with Crippen LogP contribution in [0.5, 0.6) is 0 Å². The normalized spacial score (nSPS) is 29.1. The van der Waals surface area contributed by atoms with Gasteiger partial charge in [0.2, 0.25) is 0 Å². The average molecular weight is 210 g/mol. The maximum Gasteiger partial charge on any atom is 0.189 e. The summed E-state index contributed by atoms with van der Waals surface area (Å²) in [6.07, 6.45) is 4.92. The van der Waals surface area contributed by atoms with Gasteiger partial charge in [0, 0.05) is 12.6 Å². The van der Waals surface area contributed by atoms with E-state index in [9.17, 15) is 0 Å². The maximum atomic E-state index is 5.85. The Hall–Kier alpha value is -0.770. The molecule has 0 amide bonds. The molecular weight excluding hydrogens is 188 g/mol. The van der Waals surface area contributed by atoms with Crippen molar-refractivity contribution < 1.29 is 0 Å². The van der Waals surface area contributed by atoms with Gasteiger partial charge in [-0.25, -0.2) is 0 Å². The second-order valence-corrected chi connectivity index (χ2v) is 4.62. The summed E-state index contributed by atoms with van der Waals surface area (Å²) in [5.74, 6) is 0.653. The summed E-state index contributed by atoms with van der Waals surface area (Å²) in [4.78, 5) is 6.86. The zero-order valence-electron chi connectivity index (χ0n) is 9.58. The molecule has 2 aliphatic rings. The Morgan fingerprint density at radius 1 is 1.47 bits per heavy atom. The molecule has 1 heterocycles. The Morgan fingerprint density at radius 3 is 2.93 bits per heavy atom. The van der Waals surface area contributed by atoms with Crippen LogP contribution in [-0.4, -0.2) is 42.6 Å². The van der Waals surface area contributed by atoms with Gasteiger partial charge in [0.05, 0.1) is 6.04 Å². The third-order valence-corrected chi connectivity index (χ3v) is 3.17. The fourth-order valence-corrected chi connectivity index (χ4v) is 2.11. The van der Waals surface area contributed by atoms with Gasteiger partial charge in [0.25, 0.3) is 0 Å². The van der Waals surface area contributed by atoms with Crippen LogP contribution in [0.15, 0.2) is 4.99 Å². The van der Waals surface area contributed by atoms with Crippen molar-refractivity contribution >= 4 is 5.96 Å². The molecule has 1 aliphatic heterocycles. The first-order valence-corrected chi connectivity index (χ1v) is 6.10. The van der Waals surface area contributed by atoms with Gasteiger partial charge >= 0.3 is 0 Å². The minimum Gasteiger partial charge on any atom is -0.370 e. The number of piperidine rings is 1. The second kappa shape index (κ2) is 4.84. The monoisotopic (exact) mass is 210 g/mol. The Morgan fingerprint density at radius 2 is 2.27 bits per heavy atom. The number of guanidine groups is 1. The van der Waals surface area contributed by atoms with E-state index in [1.54, 1.807) is 0 Å². The molecule has 1 atom stereocenters. The number of aliphatic imine (C=N–C) groups is 1. The lowest BCUT2D eigenvalue weighted by molar-refractivity contribution is 0.210. The molecule has 4 nitrogen and oxygen atoms in total. The van der Waals surface area contributed by atoms with E-state index in [0.717, 1.165) is 13.1 Å². The minimum absolute atomic E-state index is 0.501. The molecule has 4 heteroatoms. The van der Waals surface area contributed by atoms with E-state index in [4.69, 9.17) is 5.73 Å². The molecule has 1 aliphatic carbocycles. The maximum absolute atomic E-state index is 5.85. The van der Waals surface area contributed by atoms with Gasteiger partial charge in [-0.3, -0.25) is 4.99 Å². The summed E-state index contributed by atoms with van der Waals surface area (Å²) in [5, 5.41) is 3.34. The van der Waals surface area contributed by atoms with Crippen LogP contribution in [0.2, 0.25) is 0 Å². The van der Waals surface area contributed by atoms with Crippen LogP contribution >= 0.6 is 0 Å². The first-order chi connectivity index (χ1) is 7.28. The number of likely N-dealkylation sites (tertiary alicyclic amines) is 1. The zero-order chi connectivity index (χ0) is 10.7. The van der Waals surface area contributed by atoms with Crippen molar-refractivity contribution in [1.82, 2.24) is 10.2 Å². The predicted molar refractivity (Wildman–Crippen MR) is 62.9 cm³/mol. The lowest BCUT2D eigenvalue weighted by Gasteiger charge is -2.32. The van der Waals surface area contributed by atoms with Crippen molar-refractivity contribution in [2.75, 3.05) is 19.6 Å². The molecular formula is C11H22N4. The fraction of sp³-hybridized carbons (Fsp3) is 0.909. The lowest BCUT2D eigenvalue weighted by Crippen LogP contribution is -2.49. The van der Waals surface area contributed by atoms with Crippen LogP contribution in [-0.2, 0) is 0 Å². The first kappa shape index (κ1) is 10.7. The van der Waals surface area contributed by atoms with Crippen molar-refractivity contribution in [2.45, 2.75) is 44.7 Å². The highest BCUT2D eigenvalue weighted by Crippen LogP contribution is 2.23. The Bertz CT molecular complexity index is 235. The minimum atomic E-state index is 0.501. The van der Waals surface area contributed by atoms with Crippen LogP contribution in [0.4, 0.5) is 0 Å². The molecule has 0 bridgehead atoms. The Labute approximate surface area is 91.9 Å². The van der Waals surface area contributed by atoms with Crippen LogP contribution < -0.4 is 11.1 Å². The van der Waals surface area contributed by atoms with Gasteiger partial charge in [-0.15, -0.1) is 0 Å². The standard InChI is InChI=1S/C11H22N4/c1-2-15-7-3-4-10(8-15)14-11(12)13-9-5-6-9/h9-10H,2-8H2,1H3,(H3,12,13,14). The summed E-state index contributed by atoms with van der Waals surface area (Å²) in [7, 11) is 0. The van der Waals surface area contributed by atoms with E-state index in [0.29, 0.717) is 18.0 Å². The van der Waals surface area contributed by atoms with Crippen molar-refractivity contribution in [3.63, 3.8) is 0 Å². The van der Waals surface area contributed by atoms with Gasteiger partial charge in [0.15, 0.2) is 5.96 Å².